The summed E-state index contributed by atoms with van der Waals surface area (Å²) in [5, 5.41) is 42.5. The predicted octanol–water partition coefficient (Wildman–Crippen LogP) is 3.16. The molecule has 0 amide bonds. The van der Waals surface area contributed by atoms with Crippen molar-refractivity contribution in [1.82, 2.24) is 0 Å². The Morgan fingerprint density at radius 2 is 1.70 bits per heavy atom. The fraction of sp³-hybridized carbons (Fsp3) is 0.926. The molecule has 4 N–H and O–H groups in total. The van der Waals surface area contributed by atoms with Crippen LogP contribution < -0.4 is 0 Å². The van der Waals surface area contributed by atoms with Crippen LogP contribution in [0.4, 0.5) is 0 Å². The summed E-state index contributed by atoms with van der Waals surface area (Å²) in [6, 6.07) is 0. The van der Waals surface area contributed by atoms with Gasteiger partial charge in [0.05, 0.1) is 30.0 Å². The fourth-order valence-corrected chi connectivity index (χ4v) is 8.77. The molecule has 1 saturated heterocycles. The maximum absolute atomic E-state index is 12.1. The molecule has 3 saturated carbocycles. The number of aliphatic hydroxyl groups is 4. The van der Waals surface area contributed by atoms with E-state index in [2.05, 4.69) is 26.0 Å². The minimum atomic E-state index is -0.954. The summed E-state index contributed by atoms with van der Waals surface area (Å²) >= 11 is 0. The van der Waals surface area contributed by atoms with Crippen LogP contribution in [0.25, 0.3) is 0 Å². The molecule has 4 fully saturated rings. The van der Waals surface area contributed by atoms with Crippen molar-refractivity contribution in [1.29, 1.82) is 0 Å². The molecule has 0 spiro atoms. The number of rotatable bonds is 3. The second-order valence-electron chi connectivity index (χ2n) is 12.5. The highest BCUT2D eigenvalue weighted by atomic mass is 16.7. The van der Waals surface area contributed by atoms with Gasteiger partial charge in [-0.3, -0.25) is 0 Å². The molecule has 5 aliphatic rings. The Kier molecular flexibility index (Phi) is 6.07. The van der Waals surface area contributed by atoms with E-state index < -0.39 is 36.3 Å². The van der Waals surface area contributed by atoms with Gasteiger partial charge >= 0.3 is 0 Å². The Hall–Kier alpha value is -0.500. The molecule has 0 bridgehead atoms. The van der Waals surface area contributed by atoms with Crippen molar-refractivity contribution in [2.45, 2.75) is 121 Å². The van der Waals surface area contributed by atoms with Gasteiger partial charge in [0.1, 0.15) is 6.10 Å². The maximum Gasteiger partial charge on any atom is 0.161 e. The summed E-state index contributed by atoms with van der Waals surface area (Å²) in [6.45, 7) is 8.39. The molecule has 0 unspecified atom stereocenters. The van der Waals surface area contributed by atoms with Gasteiger partial charge in [0.15, 0.2) is 6.29 Å². The number of ether oxygens (including phenoxy) is 2. The largest absolute Gasteiger partial charge is 0.393 e. The number of allylic oxidation sites excluding steroid dienone is 2. The first-order valence-corrected chi connectivity index (χ1v) is 13.3. The van der Waals surface area contributed by atoms with Crippen LogP contribution in [0.5, 0.6) is 0 Å². The quantitative estimate of drug-likeness (QED) is 0.479. The molecule has 0 aromatic rings. The third-order valence-electron chi connectivity index (χ3n) is 11.1. The van der Waals surface area contributed by atoms with Crippen LogP contribution >= 0.6 is 0 Å². The van der Waals surface area contributed by atoms with Crippen molar-refractivity contribution in [2.75, 3.05) is 0 Å². The van der Waals surface area contributed by atoms with Crippen molar-refractivity contribution < 1.29 is 29.9 Å². The highest BCUT2D eigenvalue weighted by Crippen LogP contribution is 2.67. The van der Waals surface area contributed by atoms with E-state index in [1.54, 1.807) is 6.92 Å². The van der Waals surface area contributed by atoms with Crippen LogP contribution in [-0.4, -0.2) is 62.8 Å². The fourth-order valence-electron chi connectivity index (χ4n) is 8.77. The molecule has 1 aliphatic heterocycles. The van der Waals surface area contributed by atoms with E-state index >= 15 is 0 Å². The lowest BCUT2D eigenvalue weighted by Crippen LogP contribution is -2.60. The van der Waals surface area contributed by atoms with E-state index in [0.29, 0.717) is 30.1 Å². The van der Waals surface area contributed by atoms with E-state index in [9.17, 15) is 20.4 Å². The highest BCUT2D eigenvalue weighted by Gasteiger charge is 2.65. The molecule has 5 rings (SSSR count). The highest BCUT2D eigenvalue weighted by molar-refractivity contribution is 5.21. The van der Waals surface area contributed by atoms with Crippen molar-refractivity contribution in [2.24, 2.45) is 34.5 Å². The average Bonchev–Trinajstić information content (AvgIpc) is 3.04. The summed E-state index contributed by atoms with van der Waals surface area (Å²) in [5.41, 5.74) is -0.954. The number of aliphatic hydroxyl groups excluding tert-OH is 3. The van der Waals surface area contributed by atoms with Gasteiger partial charge < -0.3 is 29.9 Å². The van der Waals surface area contributed by atoms with Crippen LogP contribution in [0.1, 0.15) is 79.1 Å². The summed E-state index contributed by atoms with van der Waals surface area (Å²) in [6.07, 6.45) is 8.16. The smallest absolute Gasteiger partial charge is 0.161 e. The van der Waals surface area contributed by atoms with Crippen LogP contribution in [0.15, 0.2) is 12.2 Å². The first-order chi connectivity index (χ1) is 15.5. The third-order valence-corrected chi connectivity index (χ3v) is 11.1. The van der Waals surface area contributed by atoms with E-state index in [4.69, 9.17) is 9.47 Å². The van der Waals surface area contributed by atoms with Crippen LogP contribution in [-0.2, 0) is 9.47 Å². The van der Waals surface area contributed by atoms with Crippen LogP contribution in [0.2, 0.25) is 0 Å². The minimum absolute atomic E-state index is 0.169. The number of hydrogen-bond donors (Lipinski definition) is 4. The van der Waals surface area contributed by atoms with E-state index in [0.717, 1.165) is 38.5 Å². The summed E-state index contributed by atoms with van der Waals surface area (Å²) < 4.78 is 12.1. The number of hydrogen-bond acceptors (Lipinski definition) is 6. The maximum atomic E-state index is 12.1. The van der Waals surface area contributed by atoms with Crippen molar-refractivity contribution in [3.8, 4) is 0 Å². The molecule has 0 aromatic heterocycles. The first kappa shape index (κ1) is 24.2. The van der Waals surface area contributed by atoms with Gasteiger partial charge in [-0.25, -0.2) is 0 Å². The SMILES string of the molecule is C[C@H](O[C@H]1C[C@H](O)[C@H](O)[C@@H](C)O1)[C@@]1(O)CC[C@H]2[C@@H]3C=C[C@H]4C[C@@H](O)CC[C@]4(C)[C@H]3CC[C@@]21C. The van der Waals surface area contributed by atoms with Gasteiger partial charge in [0.2, 0.25) is 0 Å². The Morgan fingerprint density at radius 3 is 2.42 bits per heavy atom. The first-order valence-electron chi connectivity index (χ1n) is 13.3. The molecule has 1 heterocycles. The minimum Gasteiger partial charge on any atom is -0.393 e. The van der Waals surface area contributed by atoms with Crippen molar-refractivity contribution in [3.05, 3.63) is 12.2 Å². The van der Waals surface area contributed by atoms with Crippen molar-refractivity contribution >= 4 is 0 Å². The zero-order valence-electron chi connectivity index (χ0n) is 20.7. The van der Waals surface area contributed by atoms with Crippen LogP contribution in [0, 0.1) is 34.5 Å². The molecule has 188 valence electrons. The summed E-state index contributed by atoms with van der Waals surface area (Å²) in [4.78, 5) is 0. The number of fused-ring (bicyclic) bond motifs is 5. The molecule has 6 nitrogen and oxygen atoms in total. The zero-order valence-corrected chi connectivity index (χ0v) is 20.7. The molecule has 33 heavy (non-hydrogen) atoms. The van der Waals surface area contributed by atoms with Gasteiger partial charge in [-0.15, -0.1) is 0 Å². The summed E-state index contributed by atoms with van der Waals surface area (Å²) in [5.74, 6) is 1.94. The van der Waals surface area contributed by atoms with Gasteiger partial charge in [-0.1, -0.05) is 26.0 Å². The zero-order chi connectivity index (χ0) is 23.8. The van der Waals surface area contributed by atoms with Gasteiger partial charge in [0.25, 0.3) is 0 Å². The molecule has 6 heteroatoms. The van der Waals surface area contributed by atoms with Gasteiger partial charge in [-0.2, -0.15) is 0 Å². The lowest BCUT2D eigenvalue weighted by molar-refractivity contribution is -0.288. The Bertz CT molecular complexity index is 760. The molecular weight excluding hydrogens is 420 g/mol. The topological polar surface area (TPSA) is 99.4 Å². The van der Waals surface area contributed by atoms with Crippen LogP contribution in [0.3, 0.4) is 0 Å². The van der Waals surface area contributed by atoms with Gasteiger partial charge in [0, 0.05) is 11.8 Å². The Morgan fingerprint density at radius 1 is 0.970 bits per heavy atom. The van der Waals surface area contributed by atoms with Gasteiger partial charge in [-0.05, 0) is 87.9 Å². The molecule has 0 radical (unpaired) electrons. The average molecular weight is 465 g/mol. The molecule has 0 aromatic carbocycles. The monoisotopic (exact) mass is 464 g/mol. The Labute approximate surface area is 198 Å². The second kappa shape index (κ2) is 8.28. The lowest BCUT2D eigenvalue weighted by Gasteiger charge is -2.60. The third kappa shape index (κ3) is 3.58. The molecule has 4 aliphatic carbocycles. The van der Waals surface area contributed by atoms with Crippen molar-refractivity contribution in [3.63, 3.8) is 0 Å². The van der Waals surface area contributed by atoms with E-state index in [-0.39, 0.29) is 23.4 Å². The summed E-state index contributed by atoms with van der Waals surface area (Å²) in [7, 11) is 0. The second-order valence-corrected chi connectivity index (χ2v) is 12.5. The lowest BCUT2D eigenvalue weighted by atomic mass is 9.46. The molecular formula is C27H44O6. The normalized spacial score (nSPS) is 57.2. The van der Waals surface area contributed by atoms with E-state index in [1.165, 1.54) is 0 Å². The van der Waals surface area contributed by atoms with E-state index in [1.807, 2.05) is 6.92 Å². The predicted molar refractivity (Wildman–Crippen MR) is 124 cm³/mol. The molecule has 13 atom stereocenters. The standard InChI is InChI=1S/C27H44O6/c1-15-24(30)22(29)14-23(32-15)33-16(2)27(31)12-9-21-19-6-5-17-13-18(28)7-10-25(17,3)20(19)8-11-26(21,27)4/h5-6,15-24,28-31H,7-14H2,1-4H3/t15-,16+,17+,18+,19-,20+,21+,22+,23+,24-,25+,26+,27+/m1/s1. The Balaban J connectivity index is 1.34.